The third-order valence-corrected chi connectivity index (χ3v) is 5.38. The Morgan fingerprint density at radius 3 is 2.89 bits per heavy atom. The van der Waals surface area contributed by atoms with Crippen LogP contribution in [0.5, 0.6) is 0 Å². The summed E-state index contributed by atoms with van der Waals surface area (Å²) in [5.74, 6) is 5.72. The second kappa shape index (κ2) is 5.73. The van der Waals surface area contributed by atoms with Gasteiger partial charge >= 0.3 is 0 Å². The Morgan fingerprint density at radius 2 is 2.16 bits per heavy atom. The average molecular weight is 339 g/mol. The zero-order chi connectivity index (χ0) is 13.2. The second-order valence-corrected chi connectivity index (χ2v) is 6.49. The van der Waals surface area contributed by atoms with Crippen molar-refractivity contribution in [3.05, 3.63) is 55.7 Å². The first-order valence-electron chi connectivity index (χ1n) is 6.15. The molecule has 3 N–H and O–H groups in total. The predicted molar refractivity (Wildman–Crippen MR) is 80.7 cm³/mol. The van der Waals surface area contributed by atoms with Crippen molar-refractivity contribution < 1.29 is 4.74 Å². The molecule has 0 radical (unpaired) electrons. The van der Waals surface area contributed by atoms with Crippen LogP contribution in [0.2, 0.25) is 0 Å². The molecule has 0 saturated carbocycles. The second-order valence-electron chi connectivity index (χ2n) is 4.64. The molecule has 19 heavy (non-hydrogen) atoms. The number of thiophene rings is 1. The predicted octanol–water partition coefficient (Wildman–Crippen LogP) is 3.29. The lowest BCUT2D eigenvalue weighted by atomic mass is 9.99. The molecule has 0 fully saturated rings. The Bertz CT molecular complexity index is 585. The number of nitrogens with one attached hydrogen (secondary N) is 1. The fourth-order valence-corrected chi connectivity index (χ4v) is 3.90. The highest BCUT2D eigenvalue weighted by Gasteiger charge is 2.17. The number of nitrogens with two attached hydrogens (primary N) is 1. The number of benzene rings is 1. The van der Waals surface area contributed by atoms with Crippen LogP contribution in [0.3, 0.4) is 0 Å². The van der Waals surface area contributed by atoms with Crippen LogP contribution in [-0.2, 0) is 24.4 Å². The highest BCUT2D eigenvalue weighted by molar-refractivity contribution is 9.10. The van der Waals surface area contributed by atoms with Crippen LogP contribution in [0.4, 0.5) is 0 Å². The minimum Gasteiger partial charge on any atom is -0.372 e. The van der Waals surface area contributed by atoms with E-state index in [1.54, 1.807) is 11.3 Å². The zero-order valence-electron chi connectivity index (χ0n) is 10.4. The standard InChI is InChI=1S/C14H15BrN2OS/c15-12-3-4-19-14(12)6-13(17-16)9-1-2-10-7-18-8-11(10)5-9/h1-5,13,17H,6-8,16H2. The molecule has 2 aromatic rings. The molecular formula is C14H15BrN2OS. The lowest BCUT2D eigenvalue weighted by molar-refractivity contribution is 0.134. The van der Waals surface area contributed by atoms with E-state index >= 15 is 0 Å². The van der Waals surface area contributed by atoms with Crippen molar-refractivity contribution in [2.75, 3.05) is 0 Å². The van der Waals surface area contributed by atoms with Crippen molar-refractivity contribution in [1.82, 2.24) is 5.43 Å². The van der Waals surface area contributed by atoms with Gasteiger partial charge in [0.15, 0.2) is 0 Å². The first-order chi connectivity index (χ1) is 9.28. The Labute approximate surface area is 124 Å². The number of rotatable bonds is 4. The van der Waals surface area contributed by atoms with E-state index in [0.717, 1.165) is 17.5 Å². The summed E-state index contributed by atoms with van der Waals surface area (Å²) in [6.07, 6.45) is 0.883. The molecule has 3 rings (SSSR count). The molecule has 2 heterocycles. The van der Waals surface area contributed by atoms with Crippen LogP contribution in [0.15, 0.2) is 34.1 Å². The van der Waals surface area contributed by atoms with Crippen LogP contribution < -0.4 is 11.3 Å². The fourth-order valence-electron chi connectivity index (χ4n) is 2.34. The van der Waals surface area contributed by atoms with Gasteiger partial charge in [-0.1, -0.05) is 18.2 Å². The van der Waals surface area contributed by atoms with Gasteiger partial charge in [-0.3, -0.25) is 11.3 Å². The molecule has 0 aliphatic carbocycles. The summed E-state index contributed by atoms with van der Waals surface area (Å²) in [4.78, 5) is 1.31. The Hall–Kier alpha value is -0.720. The molecule has 100 valence electrons. The van der Waals surface area contributed by atoms with E-state index in [1.165, 1.54) is 21.6 Å². The first kappa shape index (κ1) is 13.3. The van der Waals surface area contributed by atoms with Crippen molar-refractivity contribution in [3.63, 3.8) is 0 Å². The third kappa shape index (κ3) is 2.75. The monoisotopic (exact) mass is 338 g/mol. The molecule has 1 aliphatic rings. The number of hydrogen-bond donors (Lipinski definition) is 2. The van der Waals surface area contributed by atoms with E-state index in [0.29, 0.717) is 6.61 Å². The molecule has 0 saturated heterocycles. The largest absolute Gasteiger partial charge is 0.372 e. The minimum atomic E-state index is 0.126. The minimum absolute atomic E-state index is 0.126. The van der Waals surface area contributed by atoms with Crippen LogP contribution in [0.1, 0.15) is 27.6 Å². The molecule has 0 amide bonds. The summed E-state index contributed by atoms with van der Waals surface area (Å²) in [6, 6.07) is 8.68. The molecule has 1 aliphatic heterocycles. The molecule has 1 aromatic carbocycles. The summed E-state index contributed by atoms with van der Waals surface area (Å²) in [6.45, 7) is 1.44. The van der Waals surface area contributed by atoms with E-state index in [-0.39, 0.29) is 6.04 Å². The Balaban J connectivity index is 1.84. The number of halogens is 1. The summed E-state index contributed by atoms with van der Waals surface area (Å²) in [5, 5.41) is 2.09. The molecule has 1 unspecified atom stereocenters. The van der Waals surface area contributed by atoms with Crippen molar-refractivity contribution in [2.24, 2.45) is 5.84 Å². The van der Waals surface area contributed by atoms with E-state index in [1.807, 2.05) is 0 Å². The summed E-state index contributed by atoms with van der Waals surface area (Å²) < 4.78 is 6.61. The van der Waals surface area contributed by atoms with E-state index in [4.69, 9.17) is 10.6 Å². The zero-order valence-corrected chi connectivity index (χ0v) is 12.8. The first-order valence-corrected chi connectivity index (χ1v) is 7.82. The molecule has 0 spiro atoms. The normalized spacial score (nSPS) is 15.5. The number of fused-ring (bicyclic) bond motifs is 1. The Kier molecular flexibility index (Phi) is 4.00. The van der Waals surface area contributed by atoms with Crippen LogP contribution in [0, 0.1) is 0 Å². The lowest BCUT2D eigenvalue weighted by Crippen LogP contribution is -2.29. The van der Waals surface area contributed by atoms with E-state index in [9.17, 15) is 0 Å². The third-order valence-electron chi connectivity index (χ3n) is 3.43. The van der Waals surface area contributed by atoms with E-state index in [2.05, 4.69) is 51.0 Å². The SMILES string of the molecule is NNC(Cc1sccc1Br)c1ccc2c(c1)COC2. The molecule has 1 atom stereocenters. The average Bonchev–Trinajstić information content (AvgIpc) is 3.04. The van der Waals surface area contributed by atoms with Crippen LogP contribution in [0.25, 0.3) is 0 Å². The van der Waals surface area contributed by atoms with Crippen molar-refractivity contribution in [2.45, 2.75) is 25.7 Å². The molecule has 5 heteroatoms. The maximum absolute atomic E-state index is 5.72. The molecule has 1 aromatic heterocycles. The van der Waals surface area contributed by atoms with Gasteiger partial charge < -0.3 is 4.74 Å². The topological polar surface area (TPSA) is 47.3 Å². The van der Waals surface area contributed by atoms with Gasteiger partial charge in [0.1, 0.15) is 0 Å². The van der Waals surface area contributed by atoms with Crippen molar-refractivity contribution in [1.29, 1.82) is 0 Å². The molecule has 3 nitrogen and oxygen atoms in total. The van der Waals surface area contributed by atoms with E-state index < -0.39 is 0 Å². The maximum Gasteiger partial charge on any atom is 0.0725 e. The van der Waals surface area contributed by atoms with Gasteiger partial charge in [0.05, 0.1) is 19.3 Å². The fraction of sp³-hybridized carbons (Fsp3) is 0.286. The van der Waals surface area contributed by atoms with Gasteiger partial charge in [-0.2, -0.15) is 0 Å². The van der Waals surface area contributed by atoms with Gasteiger partial charge in [0.25, 0.3) is 0 Å². The van der Waals surface area contributed by atoms with Crippen LogP contribution >= 0.6 is 27.3 Å². The van der Waals surface area contributed by atoms with Crippen LogP contribution in [-0.4, -0.2) is 0 Å². The van der Waals surface area contributed by atoms with Crippen molar-refractivity contribution in [3.8, 4) is 0 Å². The molecule has 0 bridgehead atoms. The Morgan fingerprint density at radius 1 is 1.32 bits per heavy atom. The maximum atomic E-state index is 5.72. The highest BCUT2D eigenvalue weighted by Crippen LogP contribution is 2.30. The van der Waals surface area contributed by atoms with Gasteiger partial charge in [-0.25, -0.2) is 0 Å². The number of ether oxygens (including phenoxy) is 1. The van der Waals surface area contributed by atoms with Crippen molar-refractivity contribution >= 4 is 27.3 Å². The highest BCUT2D eigenvalue weighted by atomic mass is 79.9. The quantitative estimate of drug-likeness (QED) is 0.664. The summed E-state index contributed by atoms with van der Waals surface area (Å²) in [7, 11) is 0. The number of hydrazine groups is 1. The van der Waals surface area contributed by atoms with Gasteiger partial charge in [0.2, 0.25) is 0 Å². The molecular weight excluding hydrogens is 324 g/mol. The summed E-state index contributed by atoms with van der Waals surface area (Å²) >= 11 is 5.31. The van der Waals surface area contributed by atoms with Gasteiger partial charge in [-0.15, -0.1) is 11.3 Å². The van der Waals surface area contributed by atoms with Gasteiger partial charge in [-0.05, 0) is 44.1 Å². The smallest absolute Gasteiger partial charge is 0.0725 e. The number of hydrogen-bond acceptors (Lipinski definition) is 4. The lowest BCUT2D eigenvalue weighted by Gasteiger charge is -2.16. The summed E-state index contributed by atoms with van der Waals surface area (Å²) in [5.41, 5.74) is 6.70. The van der Waals surface area contributed by atoms with Gasteiger partial charge in [0, 0.05) is 15.8 Å².